The number of nitrogens with two attached hydrogens (primary N) is 1. The molecule has 1 fully saturated rings. The van der Waals surface area contributed by atoms with Crippen molar-refractivity contribution in [1.29, 1.82) is 0 Å². The number of carbonyl (C=O) groups excluding carboxylic acids is 1. The quantitative estimate of drug-likeness (QED) is 0.639. The van der Waals surface area contributed by atoms with Crippen LogP contribution in [0, 0.1) is 5.92 Å². The van der Waals surface area contributed by atoms with Crippen LogP contribution in [0.1, 0.15) is 51.9 Å². The maximum atomic E-state index is 12.4. The highest BCUT2D eigenvalue weighted by Gasteiger charge is 2.27. The molecule has 2 rings (SSSR count). The number of anilines is 1. The summed E-state index contributed by atoms with van der Waals surface area (Å²) in [7, 11) is 0. The van der Waals surface area contributed by atoms with Gasteiger partial charge < -0.3 is 10.8 Å². The first kappa shape index (κ1) is 18.7. The highest BCUT2D eigenvalue weighted by Crippen LogP contribution is 2.27. The molecular formula is C19H31N3O2. The van der Waals surface area contributed by atoms with E-state index in [4.69, 9.17) is 5.73 Å². The standard InChI is InChI=1S/C19H31N3O2/c1-2-13-22(16-11-7-4-8-12-16)21-19(24)18(23)17(20)14-15-9-5-3-6-10-15/h4,7-8,11-12,15,17-18,23H,2-3,5-6,9-10,13-14,20H2,1H3,(H,21,24)/t17-,18?/m1/s1. The van der Waals surface area contributed by atoms with Gasteiger partial charge in [0.2, 0.25) is 0 Å². The average molecular weight is 333 g/mol. The average Bonchev–Trinajstić information content (AvgIpc) is 2.62. The van der Waals surface area contributed by atoms with Crippen LogP contribution >= 0.6 is 0 Å². The van der Waals surface area contributed by atoms with E-state index in [0.717, 1.165) is 24.9 Å². The zero-order valence-corrected chi connectivity index (χ0v) is 14.7. The molecule has 0 bridgehead atoms. The van der Waals surface area contributed by atoms with Gasteiger partial charge in [-0.15, -0.1) is 0 Å². The van der Waals surface area contributed by atoms with Gasteiger partial charge in [-0.2, -0.15) is 0 Å². The molecule has 1 saturated carbocycles. The zero-order valence-electron chi connectivity index (χ0n) is 14.7. The van der Waals surface area contributed by atoms with E-state index < -0.39 is 18.1 Å². The van der Waals surface area contributed by atoms with Gasteiger partial charge in [0.15, 0.2) is 0 Å². The SMILES string of the molecule is CCCN(NC(=O)C(O)[C@H](N)CC1CCCCC1)c1ccccc1. The molecule has 5 heteroatoms. The van der Waals surface area contributed by atoms with Crippen molar-refractivity contribution >= 4 is 11.6 Å². The number of benzene rings is 1. The first-order valence-electron chi connectivity index (χ1n) is 9.18. The summed E-state index contributed by atoms with van der Waals surface area (Å²) in [5, 5.41) is 12.1. The Morgan fingerprint density at radius 1 is 1.29 bits per heavy atom. The third-order valence-electron chi connectivity index (χ3n) is 4.76. The molecule has 1 aliphatic rings. The Hall–Kier alpha value is -1.59. The van der Waals surface area contributed by atoms with Gasteiger partial charge in [0.05, 0.1) is 5.69 Å². The molecule has 1 amide bonds. The normalized spacial score (nSPS) is 18.0. The molecule has 4 N–H and O–H groups in total. The number of aliphatic hydroxyl groups is 1. The van der Waals surface area contributed by atoms with E-state index in [1.54, 1.807) is 5.01 Å². The number of rotatable bonds is 8. The first-order chi connectivity index (χ1) is 11.6. The molecule has 0 radical (unpaired) electrons. The zero-order chi connectivity index (χ0) is 17.4. The van der Waals surface area contributed by atoms with Crippen LogP contribution in [0.5, 0.6) is 0 Å². The van der Waals surface area contributed by atoms with Crippen molar-refractivity contribution in [2.24, 2.45) is 11.7 Å². The van der Waals surface area contributed by atoms with Gasteiger partial charge in [-0.05, 0) is 30.9 Å². The van der Waals surface area contributed by atoms with Gasteiger partial charge in [-0.3, -0.25) is 15.2 Å². The second kappa shape index (κ2) is 9.64. The molecule has 0 spiro atoms. The number of hydrogen-bond acceptors (Lipinski definition) is 4. The van der Waals surface area contributed by atoms with Gasteiger partial charge in [0, 0.05) is 12.6 Å². The Morgan fingerprint density at radius 3 is 2.58 bits per heavy atom. The summed E-state index contributed by atoms with van der Waals surface area (Å²) >= 11 is 0. The highest BCUT2D eigenvalue weighted by molar-refractivity contribution is 5.82. The van der Waals surface area contributed by atoms with Crippen LogP contribution in [0.25, 0.3) is 0 Å². The predicted octanol–water partition coefficient (Wildman–Crippen LogP) is 2.59. The number of amides is 1. The Labute approximate surface area is 145 Å². The Balaban J connectivity index is 1.90. The van der Waals surface area contributed by atoms with Crippen molar-refractivity contribution in [3.05, 3.63) is 30.3 Å². The molecule has 2 atom stereocenters. The maximum Gasteiger partial charge on any atom is 0.268 e. The fourth-order valence-electron chi connectivity index (χ4n) is 3.41. The molecule has 0 saturated heterocycles. The van der Waals surface area contributed by atoms with Gasteiger partial charge in [0.25, 0.3) is 5.91 Å². The minimum absolute atomic E-state index is 0.421. The number of para-hydroxylation sites is 1. The predicted molar refractivity (Wildman–Crippen MR) is 97.4 cm³/mol. The Kier molecular flexibility index (Phi) is 7.53. The molecule has 0 aliphatic heterocycles. The number of hydrazine groups is 1. The van der Waals surface area contributed by atoms with E-state index in [9.17, 15) is 9.90 Å². The van der Waals surface area contributed by atoms with Crippen LogP contribution in [0.3, 0.4) is 0 Å². The molecule has 1 aliphatic carbocycles. The van der Waals surface area contributed by atoms with Gasteiger partial charge >= 0.3 is 0 Å². The van der Waals surface area contributed by atoms with Gasteiger partial charge in [-0.1, -0.05) is 57.2 Å². The second-order valence-electron chi connectivity index (χ2n) is 6.81. The summed E-state index contributed by atoms with van der Waals surface area (Å²) in [5.74, 6) is 0.118. The summed E-state index contributed by atoms with van der Waals surface area (Å²) in [6.07, 6.45) is 6.51. The van der Waals surface area contributed by atoms with E-state index in [0.29, 0.717) is 18.9 Å². The van der Waals surface area contributed by atoms with E-state index in [2.05, 4.69) is 5.43 Å². The first-order valence-corrected chi connectivity index (χ1v) is 9.18. The van der Waals surface area contributed by atoms with Crippen LogP contribution < -0.4 is 16.2 Å². The lowest BCUT2D eigenvalue weighted by Crippen LogP contribution is -2.53. The van der Waals surface area contributed by atoms with Crippen molar-refractivity contribution in [1.82, 2.24) is 5.43 Å². The highest BCUT2D eigenvalue weighted by atomic mass is 16.3. The van der Waals surface area contributed by atoms with Gasteiger partial charge in [-0.25, -0.2) is 0 Å². The fraction of sp³-hybridized carbons (Fsp3) is 0.632. The van der Waals surface area contributed by atoms with E-state index in [-0.39, 0.29) is 0 Å². The summed E-state index contributed by atoms with van der Waals surface area (Å²) in [5.41, 5.74) is 9.83. The van der Waals surface area contributed by atoms with Crippen LogP contribution in [0.2, 0.25) is 0 Å². The van der Waals surface area contributed by atoms with E-state index in [1.165, 1.54) is 19.3 Å². The van der Waals surface area contributed by atoms with Crippen LogP contribution in [-0.4, -0.2) is 29.7 Å². The molecule has 1 aromatic rings. The molecular weight excluding hydrogens is 302 g/mol. The second-order valence-corrected chi connectivity index (χ2v) is 6.81. The monoisotopic (exact) mass is 333 g/mol. The van der Waals surface area contributed by atoms with Crippen molar-refractivity contribution in [3.8, 4) is 0 Å². The third kappa shape index (κ3) is 5.49. The summed E-state index contributed by atoms with van der Waals surface area (Å²) < 4.78 is 0. The van der Waals surface area contributed by atoms with Crippen molar-refractivity contribution in [2.45, 2.75) is 64.0 Å². The molecule has 1 aromatic carbocycles. The van der Waals surface area contributed by atoms with Crippen LogP contribution in [-0.2, 0) is 4.79 Å². The number of aliphatic hydroxyl groups excluding tert-OH is 1. The van der Waals surface area contributed by atoms with Crippen LogP contribution in [0.4, 0.5) is 5.69 Å². The van der Waals surface area contributed by atoms with Crippen molar-refractivity contribution in [3.63, 3.8) is 0 Å². The molecule has 24 heavy (non-hydrogen) atoms. The van der Waals surface area contributed by atoms with Crippen molar-refractivity contribution < 1.29 is 9.90 Å². The largest absolute Gasteiger partial charge is 0.382 e. The number of nitrogens with one attached hydrogen (secondary N) is 1. The summed E-state index contributed by atoms with van der Waals surface area (Å²) in [6, 6.07) is 9.15. The number of nitrogens with zero attached hydrogens (tertiary/aromatic N) is 1. The third-order valence-corrected chi connectivity index (χ3v) is 4.76. The minimum atomic E-state index is -1.17. The van der Waals surface area contributed by atoms with Gasteiger partial charge in [0.1, 0.15) is 6.10 Å². The number of hydrogen-bond donors (Lipinski definition) is 3. The Morgan fingerprint density at radius 2 is 1.96 bits per heavy atom. The maximum absolute atomic E-state index is 12.4. The summed E-state index contributed by atoms with van der Waals surface area (Å²) in [6.45, 7) is 2.73. The molecule has 134 valence electrons. The molecule has 5 nitrogen and oxygen atoms in total. The van der Waals surface area contributed by atoms with Crippen molar-refractivity contribution in [2.75, 3.05) is 11.6 Å². The van der Waals surface area contributed by atoms with E-state index in [1.807, 2.05) is 37.3 Å². The molecule has 0 heterocycles. The molecule has 0 aromatic heterocycles. The topological polar surface area (TPSA) is 78.6 Å². The molecule has 1 unspecified atom stereocenters. The minimum Gasteiger partial charge on any atom is -0.382 e. The lowest BCUT2D eigenvalue weighted by Gasteiger charge is -2.29. The van der Waals surface area contributed by atoms with Crippen LogP contribution in [0.15, 0.2) is 30.3 Å². The number of carbonyl (C=O) groups is 1. The fourth-order valence-corrected chi connectivity index (χ4v) is 3.41. The lowest BCUT2D eigenvalue weighted by atomic mass is 9.84. The Bertz CT molecular complexity index is 489. The lowest BCUT2D eigenvalue weighted by molar-refractivity contribution is -0.130. The summed E-state index contributed by atoms with van der Waals surface area (Å²) in [4.78, 5) is 12.4. The van der Waals surface area contributed by atoms with E-state index >= 15 is 0 Å². The smallest absolute Gasteiger partial charge is 0.268 e.